The van der Waals surface area contributed by atoms with Crippen LogP contribution in [0.3, 0.4) is 0 Å². The first-order chi connectivity index (χ1) is 7.79. The van der Waals surface area contributed by atoms with Crippen LogP contribution in [0.1, 0.15) is 12.8 Å². The van der Waals surface area contributed by atoms with Gasteiger partial charge < -0.3 is 22.7 Å². The maximum absolute atomic E-state index is 12.4. The summed E-state index contributed by atoms with van der Waals surface area (Å²) in [4.78, 5) is 4.00. The van der Waals surface area contributed by atoms with Gasteiger partial charge in [0.2, 0.25) is 0 Å². The fourth-order valence-corrected chi connectivity index (χ4v) is 2.20. The van der Waals surface area contributed by atoms with Gasteiger partial charge in [0.15, 0.2) is 0 Å². The Labute approximate surface area is 150 Å². The third kappa shape index (κ3) is 7.07. The second-order valence-electron chi connectivity index (χ2n) is 5.18. The number of rotatable bonds is 5. The second kappa shape index (κ2) is 8.44. The summed E-state index contributed by atoms with van der Waals surface area (Å²) >= 11 is 0. The van der Waals surface area contributed by atoms with E-state index in [1.165, 1.54) is 0 Å². The van der Waals surface area contributed by atoms with Crippen LogP contribution in [-0.4, -0.2) is 57.1 Å². The smallest absolute Gasteiger partial charge is 0.445 e. The van der Waals surface area contributed by atoms with Crippen molar-refractivity contribution < 1.29 is 64.3 Å². The van der Waals surface area contributed by atoms with Crippen molar-refractivity contribution in [3.05, 3.63) is 12.1 Å². The van der Waals surface area contributed by atoms with Gasteiger partial charge in [-0.3, -0.25) is 0 Å². The van der Waals surface area contributed by atoms with Crippen LogP contribution in [-0.2, 0) is 0 Å². The molecule has 1 rings (SSSR count). The number of halogens is 3. The zero-order valence-corrected chi connectivity index (χ0v) is 14.8. The molecule has 0 N–H and O–H groups in total. The van der Waals surface area contributed by atoms with E-state index in [4.69, 9.17) is 0 Å². The molecule has 1 fully saturated rings. The Morgan fingerprint density at radius 1 is 1.33 bits per heavy atom. The Hall–Kier alpha value is 1.15. The van der Waals surface area contributed by atoms with E-state index >= 15 is 0 Å². The van der Waals surface area contributed by atoms with Crippen LogP contribution in [0.25, 0.3) is 0 Å². The molecule has 1 aliphatic heterocycles. The molecule has 0 aromatic heterocycles. The van der Waals surface area contributed by atoms with Crippen LogP contribution in [0.5, 0.6) is 0 Å². The third-order valence-electron chi connectivity index (χ3n) is 3.34. The van der Waals surface area contributed by atoms with Gasteiger partial charge in [0, 0.05) is 6.54 Å². The fraction of sp³-hybridized carbons (Fsp3) is 0.818. The average molecular weight is 288 g/mol. The normalized spacial score (nSPS) is 18.8. The van der Waals surface area contributed by atoms with Gasteiger partial charge in [-0.1, -0.05) is 0 Å². The molecule has 1 aliphatic rings. The van der Waals surface area contributed by atoms with E-state index in [9.17, 15) is 12.9 Å². The molecule has 0 aliphatic carbocycles. The largest absolute Gasteiger partial charge is 1.00 e. The Bertz CT molecular complexity index is 266. The molecule has 0 amide bonds. The third-order valence-corrected chi connectivity index (χ3v) is 3.34. The SMILES string of the molecule is C=C(CN(C)CC1CCN(C)CC1)[B-](F)(F)F.[K+]. The molecule has 7 heteroatoms. The van der Waals surface area contributed by atoms with Crippen molar-refractivity contribution in [2.75, 3.05) is 40.3 Å². The molecule has 100 valence electrons. The van der Waals surface area contributed by atoms with Gasteiger partial charge in [-0.15, -0.1) is 12.1 Å². The molecule has 0 radical (unpaired) electrons. The Morgan fingerprint density at radius 2 is 1.83 bits per heavy atom. The predicted molar refractivity (Wildman–Crippen MR) is 65.9 cm³/mol. The van der Waals surface area contributed by atoms with Gasteiger partial charge in [0.25, 0.3) is 0 Å². The molecule has 0 aromatic carbocycles. The summed E-state index contributed by atoms with van der Waals surface area (Å²) in [6, 6.07) is 0. The zero-order valence-electron chi connectivity index (χ0n) is 11.6. The quantitative estimate of drug-likeness (QED) is 0.612. The molecular weight excluding hydrogens is 267 g/mol. The molecule has 0 unspecified atom stereocenters. The van der Waals surface area contributed by atoms with Gasteiger partial charge in [-0.25, -0.2) is 0 Å². The number of likely N-dealkylation sites (N-methyl/N-ethyl adjacent to an activating group) is 1. The molecule has 2 nitrogen and oxygen atoms in total. The monoisotopic (exact) mass is 288 g/mol. The van der Waals surface area contributed by atoms with Crippen LogP contribution < -0.4 is 51.4 Å². The van der Waals surface area contributed by atoms with Crippen molar-refractivity contribution in [2.24, 2.45) is 5.92 Å². The first-order valence-corrected chi connectivity index (χ1v) is 6.03. The molecule has 0 atom stereocenters. The molecule has 0 bridgehead atoms. The predicted octanol–water partition coefficient (Wildman–Crippen LogP) is -0.793. The first-order valence-electron chi connectivity index (χ1n) is 6.03. The second-order valence-corrected chi connectivity index (χ2v) is 5.18. The van der Waals surface area contributed by atoms with Crippen molar-refractivity contribution in [2.45, 2.75) is 12.8 Å². The van der Waals surface area contributed by atoms with Gasteiger partial charge >= 0.3 is 58.4 Å². The van der Waals surface area contributed by atoms with Crippen LogP contribution in [0, 0.1) is 5.92 Å². The van der Waals surface area contributed by atoms with E-state index in [1.54, 1.807) is 11.9 Å². The van der Waals surface area contributed by atoms with Crippen molar-refractivity contribution in [1.29, 1.82) is 0 Å². The first kappa shape index (κ1) is 19.2. The summed E-state index contributed by atoms with van der Waals surface area (Å²) in [7, 11) is 3.82. The van der Waals surface area contributed by atoms with Gasteiger partial charge in [0.1, 0.15) is 0 Å². The summed E-state index contributed by atoms with van der Waals surface area (Å²) in [5.74, 6) is 0.518. The van der Waals surface area contributed by atoms with E-state index in [0.29, 0.717) is 5.92 Å². The maximum Gasteiger partial charge on any atom is 1.00 e. The van der Waals surface area contributed by atoms with Gasteiger partial charge in [-0.2, -0.15) is 0 Å². The minimum absolute atomic E-state index is 0. The van der Waals surface area contributed by atoms with Crippen LogP contribution in [0.4, 0.5) is 12.9 Å². The Kier molecular flexibility index (Phi) is 8.98. The maximum atomic E-state index is 12.4. The van der Waals surface area contributed by atoms with Gasteiger partial charge in [0.05, 0.1) is 0 Å². The minimum atomic E-state index is -4.88. The topological polar surface area (TPSA) is 6.48 Å². The van der Waals surface area contributed by atoms with Crippen LogP contribution >= 0.6 is 0 Å². The molecular formula is C11H21BF3KN2. The summed E-state index contributed by atoms with van der Waals surface area (Å²) < 4.78 is 37.1. The van der Waals surface area contributed by atoms with Crippen molar-refractivity contribution in [1.82, 2.24) is 9.80 Å². The molecule has 1 heterocycles. The Morgan fingerprint density at radius 3 is 2.28 bits per heavy atom. The standard InChI is InChI=1S/C11H21BF3N2.K/c1-10(12(13,14)15)8-17(3)9-11-4-6-16(2)7-5-11;/h11H,1,4-9H2,2-3H3;/q-1;+1. The Balaban J connectivity index is 0.00000289. The summed E-state index contributed by atoms with van der Waals surface area (Å²) in [6.45, 7) is 1.00. The number of likely N-dealkylation sites (tertiary alicyclic amines) is 1. The zero-order chi connectivity index (χ0) is 13.1. The van der Waals surface area contributed by atoms with Crippen molar-refractivity contribution in [3.63, 3.8) is 0 Å². The summed E-state index contributed by atoms with van der Waals surface area (Å²) in [6.07, 6.45) is 2.15. The van der Waals surface area contributed by atoms with E-state index in [-0.39, 0.29) is 57.9 Å². The minimum Gasteiger partial charge on any atom is -0.445 e. The van der Waals surface area contributed by atoms with E-state index in [2.05, 4.69) is 18.5 Å². The molecule has 0 spiro atoms. The van der Waals surface area contributed by atoms with Crippen LogP contribution in [0.15, 0.2) is 12.1 Å². The molecule has 0 aromatic rings. The molecule has 0 saturated carbocycles. The van der Waals surface area contributed by atoms with E-state index < -0.39 is 12.4 Å². The molecule has 1 saturated heterocycles. The number of piperidine rings is 1. The van der Waals surface area contributed by atoms with Crippen molar-refractivity contribution >= 4 is 6.98 Å². The van der Waals surface area contributed by atoms with Crippen molar-refractivity contribution in [3.8, 4) is 0 Å². The summed E-state index contributed by atoms with van der Waals surface area (Å²) in [5, 5.41) is 0. The van der Waals surface area contributed by atoms with Gasteiger partial charge in [-0.05, 0) is 52.5 Å². The number of hydrogen-bond donors (Lipinski definition) is 0. The van der Waals surface area contributed by atoms with E-state index in [0.717, 1.165) is 32.5 Å². The van der Waals surface area contributed by atoms with E-state index in [1.807, 2.05) is 0 Å². The van der Waals surface area contributed by atoms with Crippen LogP contribution in [0.2, 0.25) is 0 Å². The number of hydrogen-bond acceptors (Lipinski definition) is 2. The molecule has 18 heavy (non-hydrogen) atoms. The number of nitrogens with zero attached hydrogens (tertiary/aromatic N) is 2. The average Bonchev–Trinajstić information content (AvgIpc) is 2.20. The fourth-order valence-electron chi connectivity index (χ4n) is 2.20. The summed E-state index contributed by atoms with van der Waals surface area (Å²) in [5.41, 5.74) is -0.597.